The van der Waals surface area contributed by atoms with Crippen molar-refractivity contribution in [1.29, 1.82) is 0 Å². The zero-order valence-corrected chi connectivity index (χ0v) is 53.7. The summed E-state index contributed by atoms with van der Waals surface area (Å²) in [5, 5.41) is 0. The summed E-state index contributed by atoms with van der Waals surface area (Å²) < 4.78 is 16.9. The van der Waals surface area contributed by atoms with Gasteiger partial charge < -0.3 is 14.2 Å². The molecular formula is C77H124O6. The maximum atomic E-state index is 12.9. The van der Waals surface area contributed by atoms with Gasteiger partial charge in [-0.2, -0.15) is 0 Å². The number of unbranched alkanes of at least 4 members (excludes halogenated alkanes) is 23. The maximum Gasteiger partial charge on any atom is 0.306 e. The van der Waals surface area contributed by atoms with Gasteiger partial charge >= 0.3 is 17.9 Å². The Morgan fingerprint density at radius 3 is 0.783 bits per heavy atom. The zero-order valence-electron chi connectivity index (χ0n) is 53.7. The third kappa shape index (κ3) is 67.7. The lowest BCUT2D eigenvalue weighted by Gasteiger charge is -2.18. The molecule has 0 rings (SSSR count). The molecule has 0 aliphatic heterocycles. The van der Waals surface area contributed by atoms with Crippen molar-refractivity contribution in [3.63, 3.8) is 0 Å². The number of rotatable bonds is 60. The van der Waals surface area contributed by atoms with E-state index >= 15 is 0 Å². The molecular weight excluding hydrogens is 1020 g/mol. The van der Waals surface area contributed by atoms with Gasteiger partial charge in [-0.25, -0.2) is 0 Å². The van der Waals surface area contributed by atoms with Crippen LogP contribution in [0.5, 0.6) is 0 Å². The average molecular weight is 1150 g/mol. The topological polar surface area (TPSA) is 78.9 Å². The Morgan fingerprint density at radius 1 is 0.253 bits per heavy atom. The highest BCUT2D eigenvalue weighted by Crippen LogP contribution is 2.15. The predicted molar refractivity (Wildman–Crippen MR) is 362 cm³/mol. The first-order chi connectivity index (χ1) is 41.0. The smallest absolute Gasteiger partial charge is 0.306 e. The van der Waals surface area contributed by atoms with Crippen LogP contribution in [0.1, 0.15) is 290 Å². The van der Waals surface area contributed by atoms with Crippen LogP contribution in [0.15, 0.2) is 158 Å². The lowest BCUT2D eigenvalue weighted by molar-refractivity contribution is -0.166. The van der Waals surface area contributed by atoms with E-state index in [1.165, 1.54) is 128 Å². The molecule has 0 spiro atoms. The third-order valence-corrected chi connectivity index (χ3v) is 14.0. The van der Waals surface area contributed by atoms with Crippen molar-refractivity contribution in [2.45, 2.75) is 297 Å². The lowest BCUT2D eigenvalue weighted by atomic mass is 10.0. The molecule has 1 unspecified atom stereocenters. The summed E-state index contributed by atoms with van der Waals surface area (Å²) in [6, 6.07) is 0. The van der Waals surface area contributed by atoms with E-state index in [0.29, 0.717) is 19.3 Å². The van der Waals surface area contributed by atoms with Gasteiger partial charge in [-0.05, 0) is 135 Å². The van der Waals surface area contributed by atoms with Gasteiger partial charge in [-0.1, -0.05) is 294 Å². The zero-order chi connectivity index (χ0) is 59.9. The fourth-order valence-corrected chi connectivity index (χ4v) is 9.00. The second-order valence-electron chi connectivity index (χ2n) is 22.0. The van der Waals surface area contributed by atoms with E-state index in [4.69, 9.17) is 14.2 Å². The minimum absolute atomic E-state index is 0.116. The monoisotopic (exact) mass is 1140 g/mol. The standard InChI is InChI=1S/C77H124O6/c1-4-7-10-13-16-19-22-25-28-31-34-35-36-37-38-39-40-41-44-46-49-52-55-58-61-64-67-70-76(79)82-73-74(83-77(80)71-68-65-62-59-56-53-50-47-43-33-30-27-24-21-18-15-12-9-6-3)72-81-75(78)69-66-63-60-57-54-51-48-45-42-32-29-26-23-20-17-14-11-8-5-2/h7,9-10,12,16-21,25-30,34-35,37-38,43,47,53,56,62,65,74H,4-6,8,11,13-15,22-24,31-33,36,39-42,44-46,48-52,54-55,57-61,63-64,66-73H2,1-3H3/b10-7-,12-9-,19-16-,20-17-,21-18-,28-25-,29-26-,30-27-,35-34-,38-37-,47-43-,56-53-,65-62-. The second-order valence-corrected chi connectivity index (χ2v) is 22.0. The normalized spacial score (nSPS) is 13.1. The van der Waals surface area contributed by atoms with Crippen LogP contribution in [-0.2, 0) is 28.6 Å². The van der Waals surface area contributed by atoms with Crippen molar-refractivity contribution in [2.24, 2.45) is 0 Å². The molecule has 0 fully saturated rings. The predicted octanol–water partition coefficient (Wildman–Crippen LogP) is 23.7. The fraction of sp³-hybridized carbons (Fsp3) is 0.623. The van der Waals surface area contributed by atoms with Crippen molar-refractivity contribution >= 4 is 17.9 Å². The molecule has 0 saturated heterocycles. The van der Waals surface area contributed by atoms with E-state index in [1.807, 2.05) is 6.08 Å². The van der Waals surface area contributed by atoms with Gasteiger partial charge in [0.1, 0.15) is 13.2 Å². The molecule has 1 atom stereocenters. The first-order valence-electron chi connectivity index (χ1n) is 34.0. The van der Waals surface area contributed by atoms with Crippen molar-refractivity contribution in [3.8, 4) is 0 Å². The highest BCUT2D eigenvalue weighted by Gasteiger charge is 2.19. The average Bonchev–Trinajstić information content (AvgIpc) is 3.50. The number of carbonyl (C=O) groups excluding carboxylic acids is 3. The Labute approximate surface area is 511 Å². The molecule has 0 saturated carbocycles. The minimum Gasteiger partial charge on any atom is -0.462 e. The number of allylic oxidation sites excluding steroid dienone is 26. The van der Waals surface area contributed by atoms with Gasteiger partial charge in [0.15, 0.2) is 6.10 Å². The first-order valence-corrected chi connectivity index (χ1v) is 34.0. The Kier molecular flexibility index (Phi) is 65.4. The van der Waals surface area contributed by atoms with Crippen molar-refractivity contribution in [3.05, 3.63) is 158 Å². The Balaban J connectivity index is 4.47. The number of ether oxygens (including phenoxy) is 3. The van der Waals surface area contributed by atoms with Gasteiger partial charge in [-0.15, -0.1) is 0 Å². The number of carbonyl (C=O) groups is 3. The first kappa shape index (κ1) is 78.0. The molecule has 83 heavy (non-hydrogen) atoms. The van der Waals surface area contributed by atoms with Crippen LogP contribution in [-0.4, -0.2) is 37.2 Å². The third-order valence-electron chi connectivity index (χ3n) is 14.0. The minimum atomic E-state index is -0.831. The Hall–Kier alpha value is -4.97. The fourth-order valence-electron chi connectivity index (χ4n) is 9.00. The molecule has 0 aliphatic carbocycles. The molecule has 0 bridgehead atoms. The van der Waals surface area contributed by atoms with Gasteiger partial charge in [0.05, 0.1) is 0 Å². The second kappa shape index (κ2) is 69.5. The summed E-state index contributed by atoms with van der Waals surface area (Å²) in [5.74, 6) is -1.01. The van der Waals surface area contributed by atoms with Crippen LogP contribution in [0.25, 0.3) is 0 Å². The number of hydrogen-bond acceptors (Lipinski definition) is 6. The van der Waals surface area contributed by atoms with Crippen LogP contribution in [0.3, 0.4) is 0 Å². The summed E-state index contributed by atoms with van der Waals surface area (Å²) in [5.41, 5.74) is 0. The van der Waals surface area contributed by atoms with Crippen LogP contribution in [0.2, 0.25) is 0 Å². The molecule has 6 nitrogen and oxygen atoms in total. The lowest BCUT2D eigenvalue weighted by Crippen LogP contribution is -2.30. The van der Waals surface area contributed by atoms with E-state index < -0.39 is 12.1 Å². The van der Waals surface area contributed by atoms with E-state index in [-0.39, 0.29) is 31.6 Å². The quantitative estimate of drug-likeness (QED) is 0.0261. The van der Waals surface area contributed by atoms with Crippen LogP contribution in [0, 0.1) is 0 Å². The van der Waals surface area contributed by atoms with Gasteiger partial charge in [0.25, 0.3) is 0 Å². The Morgan fingerprint density at radius 2 is 0.494 bits per heavy atom. The largest absolute Gasteiger partial charge is 0.462 e. The summed E-state index contributed by atoms with van der Waals surface area (Å²) in [6.45, 7) is 6.33. The molecule has 0 amide bonds. The van der Waals surface area contributed by atoms with Gasteiger partial charge in [0.2, 0.25) is 0 Å². The van der Waals surface area contributed by atoms with Crippen LogP contribution in [0.4, 0.5) is 0 Å². The SMILES string of the molecule is CC/C=C\C/C=C\C/C=C\C/C=C\C/C=C\C/C=C\CCC(=O)OC(COC(=O)CCCCCCCCCCC/C=C\C/C=C\CCCCC)COC(=O)CCCCCCCCCCCCC/C=C\C/C=C\C/C=C\C/C=C\C/C=C\CC. The molecule has 6 heteroatoms. The van der Waals surface area contributed by atoms with Gasteiger partial charge in [0, 0.05) is 19.3 Å². The van der Waals surface area contributed by atoms with E-state index in [0.717, 1.165) is 116 Å². The molecule has 468 valence electrons. The summed E-state index contributed by atoms with van der Waals surface area (Å²) >= 11 is 0. The Bertz CT molecular complexity index is 1840. The molecule has 0 radical (unpaired) electrons. The van der Waals surface area contributed by atoms with E-state index in [1.54, 1.807) is 0 Å². The molecule has 0 aliphatic rings. The molecule has 0 aromatic heterocycles. The summed E-state index contributed by atoms with van der Waals surface area (Å²) in [4.78, 5) is 38.4. The highest BCUT2D eigenvalue weighted by molar-refractivity contribution is 5.71. The summed E-state index contributed by atoms with van der Waals surface area (Å²) in [7, 11) is 0. The van der Waals surface area contributed by atoms with Gasteiger partial charge in [-0.3, -0.25) is 14.4 Å². The maximum absolute atomic E-state index is 12.9. The van der Waals surface area contributed by atoms with Crippen LogP contribution < -0.4 is 0 Å². The molecule has 0 aromatic rings. The number of hydrogen-bond donors (Lipinski definition) is 0. The highest BCUT2D eigenvalue weighted by atomic mass is 16.6. The van der Waals surface area contributed by atoms with Crippen LogP contribution >= 0.6 is 0 Å². The molecule has 0 heterocycles. The van der Waals surface area contributed by atoms with E-state index in [9.17, 15) is 14.4 Å². The van der Waals surface area contributed by atoms with Crippen molar-refractivity contribution < 1.29 is 28.6 Å². The molecule has 0 aromatic carbocycles. The van der Waals surface area contributed by atoms with Crippen molar-refractivity contribution in [1.82, 2.24) is 0 Å². The van der Waals surface area contributed by atoms with Crippen molar-refractivity contribution in [2.75, 3.05) is 13.2 Å². The summed E-state index contributed by atoms with van der Waals surface area (Å²) in [6.07, 6.45) is 101. The van der Waals surface area contributed by atoms with E-state index in [2.05, 4.69) is 173 Å². The molecule has 0 N–H and O–H groups in total. The number of esters is 3.